The van der Waals surface area contributed by atoms with Gasteiger partial charge in [0.25, 0.3) is 10.0 Å². The van der Waals surface area contributed by atoms with Crippen molar-refractivity contribution in [1.82, 2.24) is 9.62 Å². The standard InChI is InChI=1S/C18H22ClN3O3S2/c19-14-6-8-15(9-7-14)21-18(23)20-11-10-16-4-1-2-12-22(16)27(24,25)17-5-3-13-26-17/h3,5-9,13,16H,1-2,4,10-12H2,(H2,20,21,23). The number of benzene rings is 1. The minimum atomic E-state index is -3.46. The summed E-state index contributed by atoms with van der Waals surface area (Å²) >= 11 is 7.06. The Kier molecular flexibility index (Phi) is 6.75. The Labute approximate surface area is 168 Å². The van der Waals surface area contributed by atoms with Crippen molar-refractivity contribution in [3.8, 4) is 0 Å². The van der Waals surface area contributed by atoms with Crippen LogP contribution in [0, 0.1) is 0 Å². The summed E-state index contributed by atoms with van der Waals surface area (Å²) in [6.07, 6.45) is 3.26. The lowest BCUT2D eigenvalue weighted by molar-refractivity contribution is 0.234. The lowest BCUT2D eigenvalue weighted by Crippen LogP contribution is -2.45. The summed E-state index contributed by atoms with van der Waals surface area (Å²) in [4.78, 5) is 12.0. The molecule has 1 fully saturated rings. The summed E-state index contributed by atoms with van der Waals surface area (Å²) in [6.45, 7) is 0.933. The van der Waals surface area contributed by atoms with Crippen molar-refractivity contribution in [1.29, 1.82) is 0 Å². The average Bonchev–Trinajstić information content (AvgIpc) is 3.20. The molecule has 2 aromatic rings. The van der Waals surface area contributed by atoms with Gasteiger partial charge in [0.1, 0.15) is 4.21 Å². The molecule has 1 atom stereocenters. The molecule has 2 heterocycles. The van der Waals surface area contributed by atoms with Gasteiger partial charge in [0.15, 0.2) is 0 Å². The zero-order valence-corrected chi connectivity index (χ0v) is 17.1. The number of piperidine rings is 1. The van der Waals surface area contributed by atoms with Gasteiger partial charge in [0, 0.05) is 29.8 Å². The number of nitrogens with zero attached hydrogens (tertiary/aromatic N) is 1. The van der Waals surface area contributed by atoms with E-state index in [9.17, 15) is 13.2 Å². The van der Waals surface area contributed by atoms with E-state index >= 15 is 0 Å². The second-order valence-electron chi connectivity index (χ2n) is 6.37. The summed E-state index contributed by atoms with van der Waals surface area (Å²) in [7, 11) is -3.46. The Morgan fingerprint density at radius 2 is 2.00 bits per heavy atom. The number of nitrogens with one attached hydrogen (secondary N) is 2. The Balaban J connectivity index is 1.54. The number of hydrogen-bond donors (Lipinski definition) is 2. The van der Waals surface area contributed by atoms with Crippen LogP contribution < -0.4 is 10.6 Å². The number of amides is 2. The highest BCUT2D eigenvalue weighted by molar-refractivity contribution is 7.91. The molecule has 0 aliphatic carbocycles. The van der Waals surface area contributed by atoms with E-state index in [0.717, 1.165) is 19.3 Å². The number of urea groups is 1. The Bertz CT molecular complexity index is 854. The summed E-state index contributed by atoms with van der Waals surface area (Å²) in [6, 6.07) is 9.82. The van der Waals surface area contributed by atoms with Crippen LogP contribution in [0.15, 0.2) is 46.0 Å². The van der Waals surface area contributed by atoms with E-state index in [0.29, 0.717) is 34.4 Å². The van der Waals surface area contributed by atoms with E-state index < -0.39 is 10.0 Å². The summed E-state index contributed by atoms with van der Waals surface area (Å²) < 4.78 is 27.7. The third-order valence-corrected chi connectivity index (χ3v) is 8.07. The number of sulfonamides is 1. The van der Waals surface area contributed by atoms with Gasteiger partial charge in [-0.2, -0.15) is 4.31 Å². The van der Waals surface area contributed by atoms with E-state index in [-0.39, 0.29) is 12.1 Å². The Morgan fingerprint density at radius 3 is 2.70 bits per heavy atom. The van der Waals surface area contributed by atoms with Crippen LogP contribution >= 0.6 is 22.9 Å². The minimum absolute atomic E-state index is 0.0957. The third-order valence-electron chi connectivity index (χ3n) is 4.50. The fraction of sp³-hybridized carbons (Fsp3) is 0.389. The van der Waals surface area contributed by atoms with E-state index in [4.69, 9.17) is 11.6 Å². The maximum Gasteiger partial charge on any atom is 0.319 e. The number of carbonyl (C=O) groups excluding carboxylic acids is 1. The maximum absolute atomic E-state index is 12.9. The first-order valence-corrected chi connectivity index (χ1v) is 11.5. The fourth-order valence-electron chi connectivity index (χ4n) is 3.17. The predicted octanol–water partition coefficient (Wildman–Crippen LogP) is 4.16. The van der Waals surface area contributed by atoms with Gasteiger partial charge in [-0.05, 0) is 55.0 Å². The molecule has 1 saturated heterocycles. The zero-order valence-electron chi connectivity index (χ0n) is 14.7. The number of halogens is 1. The number of anilines is 1. The van der Waals surface area contributed by atoms with E-state index in [2.05, 4.69) is 10.6 Å². The lowest BCUT2D eigenvalue weighted by Gasteiger charge is -2.34. The van der Waals surface area contributed by atoms with Crippen molar-refractivity contribution < 1.29 is 13.2 Å². The van der Waals surface area contributed by atoms with Crippen LogP contribution in [0.1, 0.15) is 25.7 Å². The second kappa shape index (κ2) is 9.05. The van der Waals surface area contributed by atoms with Crippen molar-refractivity contribution in [2.45, 2.75) is 35.9 Å². The first-order chi connectivity index (χ1) is 13.0. The van der Waals surface area contributed by atoms with Gasteiger partial charge in [-0.25, -0.2) is 13.2 Å². The number of thiophene rings is 1. The van der Waals surface area contributed by atoms with Crippen LogP contribution in [0.4, 0.5) is 10.5 Å². The largest absolute Gasteiger partial charge is 0.338 e. The quantitative estimate of drug-likeness (QED) is 0.726. The molecule has 2 amide bonds. The molecule has 1 aliphatic heterocycles. The van der Waals surface area contributed by atoms with Crippen LogP contribution in [0.2, 0.25) is 5.02 Å². The Hall–Kier alpha value is -1.61. The van der Waals surface area contributed by atoms with E-state index in [1.54, 1.807) is 46.1 Å². The SMILES string of the molecule is O=C(NCCC1CCCCN1S(=O)(=O)c1cccs1)Nc1ccc(Cl)cc1. The van der Waals surface area contributed by atoms with Gasteiger partial charge >= 0.3 is 6.03 Å². The molecule has 27 heavy (non-hydrogen) atoms. The van der Waals surface area contributed by atoms with E-state index in [1.165, 1.54) is 11.3 Å². The van der Waals surface area contributed by atoms with Gasteiger partial charge in [0.2, 0.25) is 0 Å². The van der Waals surface area contributed by atoms with Crippen LogP contribution in [-0.2, 0) is 10.0 Å². The van der Waals surface area contributed by atoms with Crippen molar-refractivity contribution in [2.75, 3.05) is 18.4 Å². The first-order valence-electron chi connectivity index (χ1n) is 8.82. The average molecular weight is 428 g/mol. The molecule has 146 valence electrons. The molecule has 1 aromatic heterocycles. The van der Waals surface area contributed by atoms with Crippen LogP contribution in [0.3, 0.4) is 0 Å². The van der Waals surface area contributed by atoms with Gasteiger partial charge in [-0.1, -0.05) is 24.1 Å². The molecule has 1 aromatic carbocycles. The Morgan fingerprint density at radius 1 is 1.22 bits per heavy atom. The zero-order chi connectivity index (χ0) is 19.3. The molecular weight excluding hydrogens is 406 g/mol. The summed E-state index contributed by atoms with van der Waals surface area (Å²) in [5, 5.41) is 7.90. The molecule has 1 aliphatic rings. The van der Waals surface area contributed by atoms with Crippen molar-refractivity contribution in [2.24, 2.45) is 0 Å². The topological polar surface area (TPSA) is 78.5 Å². The molecule has 9 heteroatoms. The number of rotatable bonds is 6. The van der Waals surface area contributed by atoms with Crippen LogP contribution in [0.25, 0.3) is 0 Å². The van der Waals surface area contributed by atoms with Gasteiger partial charge in [0.05, 0.1) is 0 Å². The molecule has 2 N–H and O–H groups in total. The van der Waals surface area contributed by atoms with Crippen molar-refractivity contribution in [3.05, 3.63) is 46.8 Å². The summed E-state index contributed by atoms with van der Waals surface area (Å²) in [5.74, 6) is 0. The lowest BCUT2D eigenvalue weighted by atomic mass is 10.0. The summed E-state index contributed by atoms with van der Waals surface area (Å²) in [5.41, 5.74) is 0.650. The van der Waals surface area contributed by atoms with Gasteiger partial charge in [-0.15, -0.1) is 11.3 Å². The molecule has 1 unspecified atom stereocenters. The molecule has 6 nitrogen and oxygen atoms in total. The van der Waals surface area contributed by atoms with Gasteiger partial charge in [-0.3, -0.25) is 0 Å². The molecule has 3 rings (SSSR count). The highest BCUT2D eigenvalue weighted by Crippen LogP contribution is 2.29. The van der Waals surface area contributed by atoms with Crippen LogP contribution in [0.5, 0.6) is 0 Å². The van der Waals surface area contributed by atoms with Crippen LogP contribution in [-0.4, -0.2) is 37.9 Å². The fourth-order valence-corrected chi connectivity index (χ4v) is 6.13. The molecule has 0 bridgehead atoms. The van der Waals surface area contributed by atoms with Crippen molar-refractivity contribution in [3.63, 3.8) is 0 Å². The third kappa shape index (κ3) is 5.22. The van der Waals surface area contributed by atoms with E-state index in [1.807, 2.05) is 0 Å². The monoisotopic (exact) mass is 427 g/mol. The highest BCUT2D eigenvalue weighted by atomic mass is 35.5. The smallest absolute Gasteiger partial charge is 0.319 e. The molecule has 0 saturated carbocycles. The second-order valence-corrected chi connectivity index (χ2v) is 9.88. The highest BCUT2D eigenvalue weighted by Gasteiger charge is 2.33. The first kappa shape index (κ1) is 20.1. The maximum atomic E-state index is 12.9. The normalized spacial score (nSPS) is 18.2. The van der Waals surface area contributed by atoms with Gasteiger partial charge < -0.3 is 10.6 Å². The predicted molar refractivity (Wildman–Crippen MR) is 109 cm³/mol. The molecule has 0 radical (unpaired) electrons. The number of carbonyl (C=O) groups is 1. The van der Waals surface area contributed by atoms with Crippen molar-refractivity contribution >= 4 is 44.7 Å². The molecule has 0 spiro atoms. The number of hydrogen-bond acceptors (Lipinski definition) is 4. The molecular formula is C18H22ClN3O3S2. The minimum Gasteiger partial charge on any atom is -0.338 e.